The Bertz CT molecular complexity index is 169. The van der Waals surface area contributed by atoms with Crippen molar-refractivity contribution in [2.75, 3.05) is 26.2 Å². The fourth-order valence-electron chi connectivity index (χ4n) is 1.55. The molecule has 6 nitrogen and oxygen atoms in total. The van der Waals surface area contributed by atoms with E-state index in [1.54, 1.807) is 0 Å². The first-order chi connectivity index (χ1) is 6.84. The number of rotatable bonds is 1. The molecule has 6 heteroatoms. The molecule has 0 bridgehead atoms. The van der Waals surface area contributed by atoms with E-state index in [2.05, 4.69) is 10.6 Å². The summed E-state index contributed by atoms with van der Waals surface area (Å²) >= 11 is 0. The van der Waals surface area contributed by atoms with Crippen LogP contribution in [-0.2, 0) is 0 Å². The highest BCUT2D eigenvalue weighted by Crippen LogP contribution is 2.06. The average Bonchev–Trinajstić information content (AvgIpc) is 2.91. The molecule has 0 amide bonds. The van der Waals surface area contributed by atoms with Gasteiger partial charge >= 0.3 is 0 Å². The van der Waals surface area contributed by atoms with Crippen molar-refractivity contribution in [1.29, 1.82) is 0 Å². The predicted molar refractivity (Wildman–Crippen MR) is 50.8 cm³/mol. The minimum atomic E-state index is 0.229. The summed E-state index contributed by atoms with van der Waals surface area (Å²) in [5.41, 5.74) is 0. The fourth-order valence-corrected chi connectivity index (χ4v) is 1.55. The molecule has 0 atom stereocenters. The number of hydrogen-bond donors (Lipinski definition) is 2. The highest BCUT2D eigenvalue weighted by atomic mass is 16.6. The van der Waals surface area contributed by atoms with Gasteiger partial charge < -0.3 is 15.7 Å². The van der Waals surface area contributed by atoms with Crippen LogP contribution in [0.25, 0.3) is 0 Å². The Morgan fingerprint density at radius 2 is 1.71 bits per heavy atom. The van der Waals surface area contributed by atoms with Crippen LogP contribution in [0.3, 0.4) is 0 Å². The van der Waals surface area contributed by atoms with E-state index in [4.69, 9.17) is 5.21 Å². The van der Waals surface area contributed by atoms with Crippen LogP contribution in [0.5, 0.6) is 0 Å². The van der Waals surface area contributed by atoms with Crippen molar-refractivity contribution in [2.45, 2.75) is 25.7 Å². The van der Waals surface area contributed by atoms with Crippen molar-refractivity contribution in [2.24, 2.45) is 5.28 Å². The second kappa shape index (κ2) is 6.42. The van der Waals surface area contributed by atoms with Gasteiger partial charge in [0, 0.05) is 0 Å². The third-order valence-corrected chi connectivity index (χ3v) is 2.36. The van der Waals surface area contributed by atoms with E-state index >= 15 is 0 Å². The van der Waals surface area contributed by atoms with E-state index in [9.17, 15) is 5.21 Å². The molecular formula is C8H18N4O2. The molecule has 2 fully saturated rings. The molecule has 0 aromatic rings. The van der Waals surface area contributed by atoms with Gasteiger partial charge in [0.15, 0.2) is 0 Å². The van der Waals surface area contributed by atoms with Gasteiger partial charge in [-0.15, -0.1) is 5.01 Å². The smallest absolute Gasteiger partial charge is 0.230 e. The van der Waals surface area contributed by atoms with Gasteiger partial charge in [-0.1, -0.05) is 0 Å². The molecule has 0 aromatic carbocycles. The SMILES string of the molecule is C1CCNC1.[O-][N+](=NO)N1CCCC1. The molecule has 2 aliphatic rings. The number of nitrogens with one attached hydrogen (secondary N) is 1. The van der Waals surface area contributed by atoms with E-state index in [0.717, 1.165) is 12.8 Å². The predicted octanol–water partition coefficient (Wildman–Crippen LogP) is 0.719. The fraction of sp³-hybridized carbons (Fsp3) is 1.00. The van der Waals surface area contributed by atoms with E-state index in [1.807, 2.05) is 0 Å². The zero-order valence-electron chi connectivity index (χ0n) is 8.35. The zero-order chi connectivity index (χ0) is 10.2. The lowest BCUT2D eigenvalue weighted by Gasteiger charge is -2.08. The van der Waals surface area contributed by atoms with Crippen molar-refractivity contribution in [3.8, 4) is 0 Å². The Balaban J connectivity index is 0.000000165. The van der Waals surface area contributed by atoms with Gasteiger partial charge in [-0.2, -0.15) is 0 Å². The molecular weight excluding hydrogens is 184 g/mol. The molecule has 2 heterocycles. The Labute approximate surface area is 83.7 Å². The van der Waals surface area contributed by atoms with Crippen LogP contribution in [0.4, 0.5) is 0 Å². The molecule has 82 valence electrons. The van der Waals surface area contributed by atoms with Crippen molar-refractivity contribution < 1.29 is 10.2 Å². The first-order valence-corrected chi connectivity index (χ1v) is 5.12. The molecule has 2 N–H and O–H groups in total. The maximum atomic E-state index is 10.4. The van der Waals surface area contributed by atoms with E-state index < -0.39 is 0 Å². The van der Waals surface area contributed by atoms with Gasteiger partial charge in [0.2, 0.25) is 5.28 Å². The van der Waals surface area contributed by atoms with Crippen molar-refractivity contribution in [1.82, 2.24) is 10.3 Å². The maximum Gasteiger partial charge on any atom is 0.230 e. The molecule has 0 saturated carbocycles. The monoisotopic (exact) mass is 202 g/mol. The minimum Gasteiger partial charge on any atom is -0.569 e. The maximum absolute atomic E-state index is 10.4. The van der Waals surface area contributed by atoms with Crippen LogP contribution < -0.4 is 5.32 Å². The Morgan fingerprint density at radius 3 is 2.07 bits per heavy atom. The van der Waals surface area contributed by atoms with Gasteiger partial charge in [0.05, 0.1) is 18.1 Å². The summed E-state index contributed by atoms with van der Waals surface area (Å²) in [6.45, 7) is 3.90. The minimum absolute atomic E-state index is 0.229. The Hall–Kier alpha value is -1.04. The second-order valence-electron chi connectivity index (χ2n) is 3.46. The van der Waals surface area contributed by atoms with Gasteiger partial charge in [-0.05, 0) is 38.8 Å². The van der Waals surface area contributed by atoms with Gasteiger partial charge in [-0.25, -0.2) is 0 Å². The second-order valence-corrected chi connectivity index (χ2v) is 3.46. The molecule has 0 aromatic heterocycles. The highest BCUT2D eigenvalue weighted by molar-refractivity contribution is 4.56. The van der Waals surface area contributed by atoms with Crippen LogP contribution in [0.1, 0.15) is 25.7 Å². The summed E-state index contributed by atoms with van der Waals surface area (Å²) in [6, 6.07) is 0. The van der Waals surface area contributed by atoms with E-state index in [1.165, 1.54) is 30.9 Å². The zero-order valence-corrected chi connectivity index (χ0v) is 8.35. The van der Waals surface area contributed by atoms with Crippen LogP contribution in [0.2, 0.25) is 0 Å². The average molecular weight is 202 g/mol. The molecule has 0 radical (unpaired) electrons. The molecule has 2 aliphatic heterocycles. The van der Waals surface area contributed by atoms with Crippen LogP contribution in [-0.4, -0.2) is 41.4 Å². The summed E-state index contributed by atoms with van der Waals surface area (Å²) in [5, 5.41) is 25.6. The van der Waals surface area contributed by atoms with Gasteiger partial charge in [0.25, 0.3) is 0 Å². The Kier molecular flexibility index (Phi) is 5.06. The third-order valence-electron chi connectivity index (χ3n) is 2.36. The molecule has 0 unspecified atom stereocenters. The molecule has 14 heavy (non-hydrogen) atoms. The first kappa shape index (κ1) is 11.0. The molecule has 0 aliphatic carbocycles. The lowest BCUT2D eigenvalue weighted by Crippen LogP contribution is -2.26. The normalized spacial score (nSPS) is 22.0. The summed E-state index contributed by atoms with van der Waals surface area (Å²) in [7, 11) is 0. The van der Waals surface area contributed by atoms with Gasteiger partial charge in [0.1, 0.15) is 0 Å². The standard InChI is InChI=1S/C4H9N3O2.C4H9N/c8-5-7(9)6-3-1-2-4-6;1-2-4-5-3-1/h8H,1-4H2;5H,1-4H2. The van der Waals surface area contributed by atoms with Crippen molar-refractivity contribution >= 4 is 0 Å². The summed E-state index contributed by atoms with van der Waals surface area (Å²) in [6.07, 6.45) is 4.79. The van der Waals surface area contributed by atoms with Crippen LogP contribution in [0.15, 0.2) is 5.28 Å². The molecule has 2 saturated heterocycles. The molecule has 2 rings (SSSR count). The quantitative estimate of drug-likeness (QED) is 0.373. The van der Waals surface area contributed by atoms with Crippen LogP contribution >= 0.6 is 0 Å². The highest BCUT2D eigenvalue weighted by Gasteiger charge is 2.17. The van der Waals surface area contributed by atoms with Crippen LogP contribution in [0, 0.1) is 5.21 Å². The largest absolute Gasteiger partial charge is 0.569 e. The van der Waals surface area contributed by atoms with Crippen molar-refractivity contribution in [3.63, 3.8) is 0 Å². The lowest BCUT2D eigenvalue weighted by molar-refractivity contribution is -0.705. The summed E-state index contributed by atoms with van der Waals surface area (Å²) in [5.74, 6) is 0. The number of hydrogen-bond acceptors (Lipinski definition) is 3. The van der Waals surface area contributed by atoms with Gasteiger partial charge in [-0.3, -0.25) is 0 Å². The third kappa shape index (κ3) is 3.78. The number of nitrogens with zero attached hydrogens (tertiary/aromatic N) is 3. The van der Waals surface area contributed by atoms with E-state index in [0.29, 0.717) is 13.1 Å². The molecule has 0 spiro atoms. The summed E-state index contributed by atoms with van der Waals surface area (Å²) < 4.78 is 0. The Morgan fingerprint density at radius 1 is 1.14 bits per heavy atom. The number of hydrazine groups is 1. The van der Waals surface area contributed by atoms with E-state index in [-0.39, 0.29) is 4.97 Å². The first-order valence-electron chi connectivity index (χ1n) is 5.12. The summed E-state index contributed by atoms with van der Waals surface area (Å²) in [4.78, 5) is 0.229. The lowest BCUT2D eigenvalue weighted by atomic mass is 10.4. The topological polar surface area (TPSA) is 73.9 Å². The van der Waals surface area contributed by atoms with Crippen molar-refractivity contribution in [3.05, 3.63) is 5.21 Å².